The van der Waals surface area contributed by atoms with Crippen molar-refractivity contribution in [2.24, 2.45) is 0 Å². The number of carboxylic acids is 2. The predicted octanol–water partition coefficient (Wildman–Crippen LogP) is -5.49. The number of carbonyl (C=O) groups is 4. The van der Waals surface area contributed by atoms with Crippen LogP contribution in [0.15, 0.2) is 12.7 Å². The molecule has 2 heterocycles. The van der Waals surface area contributed by atoms with Gasteiger partial charge in [0.1, 0.15) is 36.6 Å². The van der Waals surface area contributed by atoms with Gasteiger partial charge < -0.3 is 75.5 Å². The fourth-order valence-corrected chi connectivity index (χ4v) is 5.06. The van der Waals surface area contributed by atoms with Gasteiger partial charge in [-0.3, -0.25) is 9.59 Å². The van der Waals surface area contributed by atoms with Crippen molar-refractivity contribution in [3.63, 3.8) is 0 Å². The van der Waals surface area contributed by atoms with Gasteiger partial charge in [-0.2, -0.15) is 0 Å². The minimum Gasteiger partial charge on any atom is -0.477 e. The van der Waals surface area contributed by atoms with Crippen LogP contribution in [-0.4, -0.2) is 162 Å². The fourth-order valence-electron chi connectivity index (χ4n) is 5.06. The normalized spacial score (nSPS) is 35.0. The third-order valence-electron chi connectivity index (χ3n) is 7.13. The zero-order valence-corrected chi connectivity index (χ0v) is 23.9. The Labute approximate surface area is 250 Å². The number of aliphatic hydroxyl groups is 7. The van der Waals surface area contributed by atoms with Crippen LogP contribution in [0.1, 0.15) is 26.7 Å². The van der Waals surface area contributed by atoms with E-state index in [-0.39, 0.29) is 0 Å². The number of carbonyl (C=O) groups excluding carboxylic acids is 2. The third-order valence-corrected chi connectivity index (χ3v) is 7.13. The highest BCUT2D eigenvalue weighted by atomic mass is 16.7. The quantitative estimate of drug-likeness (QED) is 0.0744. The number of nitrogens with one attached hydrogen (secondary N) is 2. The highest BCUT2D eigenvalue weighted by Crippen LogP contribution is 2.38. The smallest absolute Gasteiger partial charge is 0.364 e. The number of rotatable bonds is 15. The summed E-state index contributed by atoms with van der Waals surface area (Å²) in [6, 6.07) is -3.10. The first kappa shape index (κ1) is 37.4. The molecule has 0 aromatic heterocycles. The van der Waals surface area contributed by atoms with Gasteiger partial charge >= 0.3 is 11.9 Å². The maximum Gasteiger partial charge on any atom is 0.364 e. The van der Waals surface area contributed by atoms with Crippen molar-refractivity contribution in [1.29, 1.82) is 0 Å². The Morgan fingerprint density at radius 1 is 0.864 bits per heavy atom. The van der Waals surface area contributed by atoms with Crippen LogP contribution in [0.5, 0.6) is 0 Å². The van der Waals surface area contributed by atoms with E-state index in [0.29, 0.717) is 0 Å². The molecule has 11 N–H and O–H groups in total. The number of ether oxygens (including phenoxy) is 4. The molecule has 0 unspecified atom stereocenters. The van der Waals surface area contributed by atoms with Crippen LogP contribution in [0, 0.1) is 0 Å². The second kappa shape index (κ2) is 15.5. The molecule has 19 nitrogen and oxygen atoms in total. The second-order valence-corrected chi connectivity index (χ2v) is 10.4. The van der Waals surface area contributed by atoms with Crippen LogP contribution in [-0.2, 0) is 38.1 Å². The molecule has 252 valence electrons. The van der Waals surface area contributed by atoms with Gasteiger partial charge in [-0.1, -0.05) is 6.08 Å². The maximum atomic E-state index is 12.5. The summed E-state index contributed by atoms with van der Waals surface area (Å²) in [4.78, 5) is 48.4. The van der Waals surface area contributed by atoms with E-state index in [0.717, 1.165) is 13.8 Å². The van der Waals surface area contributed by atoms with Crippen LogP contribution in [0.2, 0.25) is 0 Å². The summed E-state index contributed by atoms with van der Waals surface area (Å²) >= 11 is 0. The number of aliphatic hydroxyl groups excluding tert-OH is 7. The lowest BCUT2D eigenvalue weighted by Crippen LogP contribution is -2.70. The lowest BCUT2D eigenvalue weighted by molar-refractivity contribution is -0.345. The Morgan fingerprint density at radius 2 is 1.32 bits per heavy atom. The number of aliphatic carboxylic acids is 2. The zero-order chi connectivity index (χ0) is 33.6. The van der Waals surface area contributed by atoms with Crippen molar-refractivity contribution in [3.8, 4) is 0 Å². The molecular weight excluding hydrogens is 600 g/mol. The van der Waals surface area contributed by atoms with E-state index in [1.807, 2.05) is 0 Å². The highest BCUT2D eigenvalue weighted by molar-refractivity contribution is 5.77. The van der Waals surface area contributed by atoms with E-state index in [4.69, 9.17) is 18.9 Å². The Kier molecular flexibility index (Phi) is 13.1. The van der Waals surface area contributed by atoms with Gasteiger partial charge in [-0.25, -0.2) is 9.59 Å². The summed E-state index contributed by atoms with van der Waals surface area (Å²) in [5, 5.41) is 97.5. The van der Waals surface area contributed by atoms with Gasteiger partial charge in [-0.15, -0.1) is 6.58 Å². The van der Waals surface area contributed by atoms with Gasteiger partial charge in [0.2, 0.25) is 11.8 Å². The van der Waals surface area contributed by atoms with E-state index in [2.05, 4.69) is 17.2 Å². The molecule has 2 aliphatic heterocycles. The first-order valence-electron chi connectivity index (χ1n) is 13.4. The van der Waals surface area contributed by atoms with Crippen molar-refractivity contribution in [1.82, 2.24) is 10.6 Å². The molecule has 0 saturated carbocycles. The van der Waals surface area contributed by atoms with Crippen molar-refractivity contribution >= 4 is 23.8 Å². The number of carboxylic acid groups (broad SMARTS) is 2. The standard InChI is InChI=1S/C25H40N2O17/c1-4-5-41-24(22(37)38)6-12(32)17(27-11(3)31)21(43-24)19(36)15(9-29)42-25(23(39)40)7-13(33)16(26-10(2)30)20(44-25)18(35)14(34)8-28/h4,12-21,28-29,32-36H,1,5-9H2,2-3H3,(H,26,30)(H,27,31)(H,37,38)(H,39,40)/t12-,13-,14+,15+,16+,17+,18-,19+,20+,21+,24+,25+/m0/s1. The highest BCUT2D eigenvalue weighted by Gasteiger charge is 2.59. The zero-order valence-electron chi connectivity index (χ0n) is 23.9. The van der Waals surface area contributed by atoms with E-state index in [9.17, 15) is 65.1 Å². The fraction of sp³-hybridized carbons (Fsp3) is 0.760. The Balaban J connectivity index is 2.54. The second-order valence-electron chi connectivity index (χ2n) is 10.4. The summed E-state index contributed by atoms with van der Waals surface area (Å²) in [6.45, 7) is 2.79. The van der Waals surface area contributed by atoms with Gasteiger partial charge in [0.05, 0.1) is 44.1 Å². The summed E-state index contributed by atoms with van der Waals surface area (Å²) in [5.74, 6) is -10.9. The first-order valence-corrected chi connectivity index (χ1v) is 13.4. The molecule has 2 amide bonds. The first-order chi connectivity index (χ1) is 20.5. The average Bonchev–Trinajstić information content (AvgIpc) is 2.95. The largest absolute Gasteiger partial charge is 0.477 e. The van der Waals surface area contributed by atoms with Crippen molar-refractivity contribution < 1.29 is 84.1 Å². The molecule has 12 atom stereocenters. The van der Waals surface area contributed by atoms with Crippen molar-refractivity contribution in [3.05, 3.63) is 12.7 Å². The van der Waals surface area contributed by atoms with Gasteiger partial charge in [0.15, 0.2) is 0 Å². The SMILES string of the molecule is C=CCO[C@]1(C(=O)O)C[C@H](O)[C@@H](NC(C)=O)[C@H]([C@H](O)[C@@H](CO)O[C@]2(C(=O)O)C[C@H](O)[C@@H](NC(C)=O)[C@H]([C@@H](O)[C@H](O)CO)O2)O1. The maximum absolute atomic E-state index is 12.5. The molecular formula is C25H40N2O17. The van der Waals surface area contributed by atoms with E-state index < -0.39 is 129 Å². The number of amides is 2. The molecule has 0 aromatic carbocycles. The summed E-state index contributed by atoms with van der Waals surface area (Å²) in [5.41, 5.74) is 0. The monoisotopic (exact) mass is 640 g/mol. The molecule has 44 heavy (non-hydrogen) atoms. The molecule has 2 aliphatic rings. The summed E-state index contributed by atoms with van der Waals surface area (Å²) in [6.07, 6.45) is -16.5. The van der Waals surface area contributed by atoms with Crippen LogP contribution in [0.25, 0.3) is 0 Å². The summed E-state index contributed by atoms with van der Waals surface area (Å²) in [7, 11) is 0. The molecule has 2 saturated heterocycles. The topological polar surface area (TPSA) is 311 Å². The van der Waals surface area contributed by atoms with E-state index in [1.165, 1.54) is 6.08 Å². The van der Waals surface area contributed by atoms with Crippen LogP contribution < -0.4 is 10.6 Å². The molecule has 2 fully saturated rings. The van der Waals surface area contributed by atoms with Gasteiger partial charge in [0, 0.05) is 26.7 Å². The van der Waals surface area contributed by atoms with Crippen molar-refractivity contribution in [2.75, 3.05) is 19.8 Å². The van der Waals surface area contributed by atoms with Crippen LogP contribution in [0.4, 0.5) is 0 Å². The molecule has 0 radical (unpaired) electrons. The molecule has 2 rings (SSSR count). The Hall–Kier alpha value is -2.82. The third kappa shape index (κ3) is 8.25. The lowest BCUT2D eigenvalue weighted by atomic mass is 9.87. The molecule has 0 aliphatic carbocycles. The van der Waals surface area contributed by atoms with E-state index >= 15 is 0 Å². The van der Waals surface area contributed by atoms with Gasteiger partial charge in [0.25, 0.3) is 11.6 Å². The molecule has 19 heteroatoms. The lowest BCUT2D eigenvalue weighted by Gasteiger charge is -2.49. The Morgan fingerprint density at radius 3 is 1.73 bits per heavy atom. The molecule has 0 spiro atoms. The van der Waals surface area contributed by atoms with Gasteiger partial charge in [-0.05, 0) is 0 Å². The minimum absolute atomic E-state index is 0.403. The minimum atomic E-state index is -3.02. The van der Waals surface area contributed by atoms with Crippen molar-refractivity contribution in [2.45, 2.75) is 99.2 Å². The number of hydrogen-bond acceptors (Lipinski definition) is 15. The predicted molar refractivity (Wildman–Crippen MR) is 140 cm³/mol. The molecule has 0 aromatic rings. The molecule has 0 bridgehead atoms. The van der Waals surface area contributed by atoms with E-state index in [1.54, 1.807) is 0 Å². The van der Waals surface area contributed by atoms with Crippen LogP contribution in [0.3, 0.4) is 0 Å². The Bertz CT molecular complexity index is 1050. The average molecular weight is 641 g/mol. The summed E-state index contributed by atoms with van der Waals surface area (Å²) < 4.78 is 21.8. The number of hydrogen-bond donors (Lipinski definition) is 11. The van der Waals surface area contributed by atoms with Crippen LogP contribution >= 0.6 is 0 Å².